The van der Waals surface area contributed by atoms with E-state index in [1.54, 1.807) is 36.0 Å². The van der Waals surface area contributed by atoms with Crippen LogP contribution in [0.25, 0.3) is 27.3 Å². The Balaban J connectivity index is 1.17. The minimum atomic E-state index is -1.32. The maximum absolute atomic E-state index is 13.1. The number of ether oxygens (including phenoxy) is 4. The number of para-hydroxylation sites is 1. The van der Waals surface area contributed by atoms with Crippen LogP contribution < -0.4 is 19.3 Å². The Labute approximate surface area is 354 Å². The Hall–Kier alpha value is -6.04. The first-order chi connectivity index (χ1) is 29.2. The maximum atomic E-state index is 13.1. The second kappa shape index (κ2) is 18.1. The summed E-state index contributed by atoms with van der Waals surface area (Å²) in [5.41, 5.74) is 5.08. The van der Waals surface area contributed by atoms with E-state index in [2.05, 4.69) is 51.1 Å². The lowest BCUT2D eigenvalue weighted by Crippen LogP contribution is -2.49. The summed E-state index contributed by atoms with van der Waals surface area (Å²) in [5, 5.41) is 7.64. The van der Waals surface area contributed by atoms with E-state index in [9.17, 15) is 4.79 Å². The monoisotopic (exact) mass is 846 g/mol. The quantitative estimate of drug-likeness (QED) is 0.0700. The number of aromatic nitrogens is 7. The fraction of sp³-hybridized carbons (Fsp3) is 0.349. The zero-order chi connectivity index (χ0) is 41.6. The van der Waals surface area contributed by atoms with Gasteiger partial charge in [0.15, 0.2) is 5.65 Å². The molecule has 5 heterocycles. The zero-order valence-corrected chi connectivity index (χ0v) is 36.5. The summed E-state index contributed by atoms with van der Waals surface area (Å²) in [5.74, 6) is 3.36. The summed E-state index contributed by atoms with van der Waals surface area (Å²) >= 11 is 1.53. The Morgan fingerprint density at radius 2 is 1.67 bits per heavy atom. The van der Waals surface area contributed by atoms with Crippen LogP contribution in [0.2, 0.25) is 25.7 Å². The van der Waals surface area contributed by atoms with Crippen molar-refractivity contribution >= 4 is 54.1 Å². The van der Waals surface area contributed by atoms with Gasteiger partial charge in [-0.15, -0.1) is 11.3 Å². The van der Waals surface area contributed by atoms with Crippen LogP contribution in [0.15, 0.2) is 90.6 Å². The van der Waals surface area contributed by atoms with Crippen molar-refractivity contribution in [1.82, 2.24) is 39.0 Å². The second-order valence-corrected chi connectivity index (χ2v) is 22.3. The highest BCUT2D eigenvalue weighted by atomic mass is 32.1. The van der Waals surface area contributed by atoms with Crippen molar-refractivity contribution in [2.45, 2.75) is 52.1 Å². The molecule has 1 amide bonds. The van der Waals surface area contributed by atoms with E-state index in [1.807, 2.05) is 66.0 Å². The van der Waals surface area contributed by atoms with Crippen LogP contribution in [0.5, 0.6) is 11.5 Å². The van der Waals surface area contributed by atoms with Gasteiger partial charge in [-0.1, -0.05) is 68.2 Å². The molecule has 7 aromatic rings. The first-order valence-electron chi connectivity index (χ1n) is 20.0. The number of amides is 1. The van der Waals surface area contributed by atoms with E-state index in [-0.39, 0.29) is 12.7 Å². The molecule has 4 aromatic heterocycles. The van der Waals surface area contributed by atoms with Crippen molar-refractivity contribution in [3.8, 4) is 22.1 Å². The molecule has 0 aliphatic carbocycles. The summed E-state index contributed by atoms with van der Waals surface area (Å²) in [6.45, 7) is 11.0. The SMILES string of the molecule is COc1ccc(CN(Cc2nc3cccc(OC)c3n2COCC[Si](C)(C)C)c2nc(N3CCN(C(=O)OCc4ccccc4)CC3)nc3c(-c4nccs4)cnn23)cc1. The molecule has 0 bridgehead atoms. The van der Waals surface area contributed by atoms with Gasteiger partial charge in [-0.3, -0.25) is 4.57 Å². The van der Waals surface area contributed by atoms with E-state index in [4.69, 9.17) is 39.0 Å². The van der Waals surface area contributed by atoms with Gasteiger partial charge in [0.2, 0.25) is 11.9 Å². The highest BCUT2D eigenvalue weighted by Crippen LogP contribution is 2.32. The van der Waals surface area contributed by atoms with Crippen molar-refractivity contribution in [3.63, 3.8) is 0 Å². The number of piperazine rings is 1. The van der Waals surface area contributed by atoms with Crippen LogP contribution >= 0.6 is 11.3 Å². The molecule has 1 aliphatic rings. The Bertz CT molecular complexity index is 2520. The van der Waals surface area contributed by atoms with Crippen LogP contribution in [0.4, 0.5) is 16.7 Å². The minimum Gasteiger partial charge on any atom is -0.497 e. The van der Waals surface area contributed by atoms with Crippen LogP contribution in [0.3, 0.4) is 0 Å². The average Bonchev–Trinajstić information content (AvgIpc) is 4.03. The lowest BCUT2D eigenvalue weighted by molar-refractivity contribution is 0.0876. The standard InChI is InChI=1S/C43H50N10O5SSi/c1-55-33-16-14-31(15-17-33)27-51(28-37-46-35-12-9-13-36(56-2)38(35)52(37)30-57-23-25-60(3,4)5)42-48-41(47-39-34(26-45-53(39)42)40-44-18-24-59-40)49-19-21-50(22-20-49)43(54)58-29-32-10-7-6-8-11-32/h6-18,24,26H,19-23,25,27-30H2,1-5H3. The largest absolute Gasteiger partial charge is 0.497 e. The molecule has 17 heteroatoms. The molecular weight excluding hydrogens is 797 g/mol. The number of rotatable bonds is 16. The molecule has 0 radical (unpaired) electrons. The third kappa shape index (κ3) is 9.22. The van der Waals surface area contributed by atoms with Gasteiger partial charge >= 0.3 is 6.09 Å². The number of thiazole rings is 1. The number of nitrogens with zero attached hydrogens (tertiary/aromatic N) is 10. The number of fused-ring (bicyclic) bond motifs is 2. The molecule has 15 nitrogen and oxygen atoms in total. The van der Waals surface area contributed by atoms with E-state index < -0.39 is 8.07 Å². The molecule has 0 spiro atoms. The van der Waals surface area contributed by atoms with E-state index in [0.29, 0.717) is 70.2 Å². The van der Waals surface area contributed by atoms with Crippen LogP contribution in [0.1, 0.15) is 17.0 Å². The molecule has 60 heavy (non-hydrogen) atoms. The minimum absolute atomic E-state index is 0.221. The van der Waals surface area contributed by atoms with Crippen molar-refractivity contribution < 1.29 is 23.7 Å². The molecule has 0 atom stereocenters. The average molecular weight is 847 g/mol. The van der Waals surface area contributed by atoms with Gasteiger partial charge in [-0.2, -0.15) is 19.6 Å². The molecule has 0 saturated carbocycles. The first kappa shape index (κ1) is 40.7. The predicted octanol–water partition coefficient (Wildman–Crippen LogP) is 7.59. The van der Waals surface area contributed by atoms with Gasteiger partial charge < -0.3 is 33.6 Å². The maximum Gasteiger partial charge on any atom is 0.410 e. The number of hydrogen-bond donors (Lipinski definition) is 0. The van der Waals surface area contributed by atoms with Gasteiger partial charge in [0.25, 0.3) is 0 Å². The topological polar surface area (TPSA) is 138 Å². The highest BCUT2D eigenvalue weighted by molar-refractivity contribution is 7.13. The summed E-state index contributed by atoms with van der Waals surface area (Å²) in [4.78, 5) is 39.4. The van der Waals surface area contributed by atoms with Crippen molar-refractivity contribution in [1.29, 1.82) is 0 Å². The summed E-state index contributed by atoms with van der Waals surface area (Å²) in [6, 6.07) is 24.7. The van der Waals surface area contributed by atoms with Crippen LogP contribution in [-0.2, 0) is 35.9 Å². The van der Waals surface area contributed by atoms with Crippen molar-refractivity contribution in [3.05, 3.63) is 108 Å². The molecule has 0 unspecified atom stereocenters. The van der Waals surface area contributed by atoms with Gasteiger partial charge in [-0.05, 0) is 41.4 Å². The molecule has 8 rings (SSSR count). The fourth-order valence-corrected chi connectivity index (χ4v) is 8.48. The van der Waals surface area contributed by atoms with Gasteiger partial charge in [-0.25, -0.2) is 14.8 Å². The number of imidazole rings is 1. The van der Waals surface area contributed by atoms with Crippen molar-refractivity contribution in [2.24, 2.45) is 0 Å². The summed E-state index contributed by atoms with van der Waals surface area (Å²) in [7, 11) is 2.02. The molecule has 312 valence electrons. The predicted molar refractivity (Wildman–Crippen MR) is 236 cm³/mol. The number of hydrogen-bond acceptors (Lipinski definition) is 13. The molecule has 3 aromatic carbocycles. The van der Waals surface area contributed by atoms with Crippen LogP contribution in [-0.4, -0.2) is 100 Å². The first-order valence-corrected chi connectivity index (χ1v) is 24.6. The van der Waals surface area contributed by atoms with Gasteiger partial charge in [0.1, 0.15) is 41.2 Å². The van der Waals surface area contributed by atoms with E-state index >= 15 is 0 Å². The Morgan fingerprint density at radius 3 is 2.38 bits per heavy atom. The smallest absolute Gasteiger partial charge is 0.410 e. The lowest BCUT2D eigenvalue weighted by Gasteiger charge is -2.34. The van der Waals surface area contributed by atoms with Gasteiger partial charge in [0, 0.05) is 59.0 Å². The number of carbonyl (C=O) groups is 1. The summed E-state index contributed by atoms with van der Waals surface area (Å²) in [6.07, 6.45) is 3.24. The lowest BCUT2D eigenvalue weighted by atomic mass is 10.2. The third-order valence-electron chi connectivity index (χ3n) is 10.4. The van der Waals surface area contributed by atoms with E-state index in [1.165, 1.54) is 11.3 Å². The number of carbonyl (C=O) groups excluding carboxylic acids is 1. The highest BCUT2D eigenvalue weighted by Gasteiger charge is 2.28. The normalized spacial score (nSPS) is 13.3. The molecular formula is C43H50N10O5SSi. The molecule has 1 fully saturated rings. The second-order valence-electron chi connectivity index (χ2n) is 15.8. The zero-order valence-electron chi connectivity index (χ0n) is 34.7. The molecule has 0 N–H and O–H groups in total. The summed E-state index contributed by atoms with van der Waals surface area (Å²) < 4.78 is 27.3. The van der Waals surface area contributed by atoms with Crippen LogP contribution in [0, 0.1) is 0 Å². The third-order valence-corrected chi connectivity index (χ3v) is 12.9. The number of benzene rings is 3. The van der Waals surface area contributed by atoms with E-state index in [0.717, 1.165) is 56.1 Å². The Morgan fingerprint density at radius 1 is 0.867 bits per heavy atom. The number of anilines is 2. The molecule has 1 saturated heterocycles. The molecule has 1 aliphatic heterocycles. The number of methoxy groups -OCH3 is 2. The fourth-order valence-electron chi connectivity index (χ4n) is 7.08. The van der Waals surface area contributed by atoms with Gasteiger partial charge in [0.05, 0.1) is 38.0 Å². The van der Waals surface area contributed by atoms with Crippen molar-refractivity contribution in [2.75, 3.05) is 56.8 Å². The Kier molecular flexibility index (Phi) is 12.3.